The number of amides is 1. The minimum atomic E-state index is -0.0575. The molecule has 0 spiro atoms. The molecular formula is C14H17N5OS. The summed E-state index contributed by atoms with van der Waals surface area (Å²) in [4.78, 5) is 28.0. The summed E-state index contributed by atoms with van der Waals surface area (Å²) < 4.78 is 0. The molecule has 3 atom stereocenters. The van der Waals surface area contributed by atoms with E-state index in [9.17, 15) is 4.79 Å². The van der Waals surface area contributed by atoms with E-state index in [2.05, 4.69) is 25.3 Å². The van der Waals surface area contributed by atoms with Gasteiger partial charge in [-0.15, -0.1) is 0 Å². The Morgan fingerprint density at radius 2 is 2.19 bits per heavy atom. The van der Waals surface area contributed by atoms with Crippen LogP contribution in [0.3, 0.4) is 0 Å². The molecule has 1 saturated heterocycles. The highest BCUT2D eigenvalue weighted by atomic mass is 32.2. The van der Waals surface area contributed by atoms with Crippen molar-refractivity contribution in [1.82, 2.24) is 25.3 Å². The summed E-state index contributed by atoms with van der Waals surface area (Å²) in [5.41, 5.74) is 1.46. The molecule has 6 nitrogen and oxygen atoms in total. The van der Waals surface area contributed by atoms with Gasteiger partial charge in [-0.2, -0.15) is 0 Å². The van der Waals surface area contributed by atoms with Crippen LogP contribution in [0.1, 0.15) is 32.1 Å². The Morgan fingerprint density at radius 3 is 3.10 bits per heavy atom. The summed E-state index contributed by atoms with van der Waals surface area (Å²) in [6.45, 7) is 0. The number of aromatic amines is 1. The molecule has 3 unspecified atom stereocenters. The van der Waals surface area contributed by atoms with Crippen LogP contribution in [0, 0.1) is 5.92 Å². The zero-order valence-corrected chi connectivity index (χ0v) is 12.4. The van der Waals surface area contributed by atoms with Gasteiger partial charge in [-0.25, -0.2) is 15.0 Å². The third kappa shape index (κ3) is 2.50. The molecule has 21 heavy (non-hydrogen) atoms. The second-order valence-corrected chi connectivity index (χ2v) is 7.00. The SMILES string of the molecule is O=C1NC2CCCCC2CC1Sc1nc2ncncc2[nH]1. The molecule has 2 N–H and O–H groups in total. The van der Waals surface area contributed by atoms with Gasteiger partial charge in [-0.05, 0) is 25.2 Å². The maximum absolute atomic E-state index is 12.3. The van der Waals surface area contributed by atoms with Crippen molar-refractivity contribution in [3.8, 4) is 0 Å². The van der Waals surface area contributed by atoms with E-state index in [1.54, 1.807) is 6.20 Å². The van der Waals surface area contributed by atoms with Gasteiger partial charge < -0.3 is 10.3 Å². The Hall–Kier alpha value is -1.63. The van der Waals surface area contributed by atoms with Crippen LogP contribution in [0.4, 0.5) is 0 Å². The van der Waals surface area contributed by atoms with Crippen LogP contribution >= 0.6 is 11.8 Å². The highest BCUT2D eigenvalue weighted by Gasteiger charge is 2.37. The first kappa shape index (κ1) is 13.1. The van der Waals surface area contributed by atoms with Gasteiger partial charge >= 0.3 is 0 Å². The van der Waals surface area contributed by atoms with Gasteiger partial charge in [0.15, 0.2) is 10.8 Å². The highest BCUT2D eigenvalue weighted by Crippen LogP contribution is 2.36. The van der Waals surface area contributed by atoms with Gasteiger partial charge in [0.1, 0.15) is 11.8 Å². The summed E-state index contributed by atoms with van der Waals surface area (Å²) in [6, 6.07) is 0.393. The van der Waals surface area contributed by atoms with Crippen LogP contribution in [0.25, 0.3) is 11.2 Å². The molecule has 1 aliphatic carbocycles. The van der Waals surface area contributed by atoms with Crippen LogP contribution < -0.4 is 5.32 Å². The topological polar surface area (TPSA) is 83.6 Å². The number of thioether (sulfide) groups is 1. The van der Waals surface area contributed by atoms with Crippen molar-refractivity contribution in [2.24, 2.45) is 5.92 Å². The predicted octanol–water partition coefficient (Wildman–Crippen LogP) is 1.89. The average Bonchev–Trinajstić information content (AvgIpc) is 2.90. The van der Waals surface area contributed by atoms with Crippen molar-refractivity contribution in [2.45, 2.75) is 48.6 Å². The average molecular weight is 303 g/mol. The fourth-order valence-corrected chi connectivity index (χ4v) is 4.47. The molecule has 4 rings (SSSR count). The Balaban J connectivity index is 1.51. The maximum Gasteiger partial charge on any atom is 0.233 e. The maximum atomic E-state index is 12.3. The number of imidazole rings is 1. The number of aromatic nitrogens is 4. The standard InChI is InChI=1S/C14H17N5OS/c20-13-11(5-8-3-1-2-4-9(8)17-13)21-14-18-10-6-15-7-16-12(10)19-14/h6-9,11H,1-5H2,(H,17,20)(H,15,16,18,19). The minimum Gasteiger partial charge on any atom is -0.352 e. The Bertz CT molecular complexity index is 639. The fraction of sp³-hybridized carbons (Fsp3) is 0.571. The van der Waals surface area contributed by atoms with Crippen molar-refractivity contribution in [3.05, 3.63) is 12.5 Å². The number of rotatable bonds is 2. The summed E-state index contributed by atoms with van der Waals surface area (Å²) >= 11 is 1.51. The molecule has 0 aromatic carbocycles. The number of hydrogen-bond donors (Lipinski definition) is 2. The number of carbonyl (C=O) groups is 1. The van der Waals surface area contributed by atoms with Gasteiger partial charge in [0.2, 0.25) is 5.91 Å². The second-order valence-electron chi connectivity index (χ2n) is 5.80. The van der Waals surface area contributed by atoms with E-state index >= 15 is 0 Å². The third-order valence-corrected chi connectivity index (χ3v) is 5.55. The Morgan fingerprint density at radius 1 is 1.29 bits per heavy atom. The first-order chi connectivity index (χ1) is 10.3. The number of hydrogen-bond acceptors (Lipinski definition) is 5. The van der Waals surface area contributed by atoms with Gasteiger partial charge in [-0.3, -0.25) is 4.79 Å². The lowest BCUT2D eigenvalue weighted by molar-refractivity contribution is -0.124. The Kier molecular flexibility index (Phi) is 3.29. The summed E-state index contributed by atoms with van der Waals surface area (Å²) in [7, 11) is 0. The normalized spacial score (nSPS) is 29.1. The van der Waals surface area contributed by atoms with E-state index < -0.39 is 0 Å². The zero-order chi connectivity index (χ0) is 14.2. The molecule has 110 valence electrons. The van der Waals surface area contributed by atoms with Gasteiger partial charge in [0.25, 0.3) is 0 Å². The van der Waals surface area contributed by atoms with Crippen LogP contribution in [-0.4, -0.2) is 37.1 Å². The van der Waals surface area contributed by atoms with Crippen LogP contribution in [0.2, 0.25) is 0 Å². The molecule has 1 saturated carbocycles. The number of fused-ring (bicyclic) bond motifs is 2. The molecule has 7 heteroatoms. The lowest BCUT2D eigenvalue weighted by Gasteiger charge is -2.38. The van der Waals surface area contributed by atoms with Crippen molar-refractivity contribution in [1.29, 1.82) is 0 Å². The van der Waals surface area contributed by atoms with Crippen molar-refractivity contribution in [2.75, 3.05) is 0 Å². The lowest BCUT2D eigenvalue weighted by Crippen LogP contribution is -2.51. The summed E-state index contributed by atoms with van der Waals surface area (Å²) in [5.74, 6) is 0.771. The molecule has 1 aliphatic heterocycles. The van der Waals surface area contributed by atoms with Gasteiger partial charge in [0.05, 0.1) is 11.4 Å². The molecule has 1 amide bonds. The summed E-state index contributed by atoms with van der Waals surface area (Å²) in [5, 5.41) is 3.89. The molecule has 0 radical (unpaired) electrons. The predicted molar refractivity (Wildman–Crippen MR) is 79.8 cm³/mol. The highest BCUT2D eigenvalue weighted by molar-refractivity contribution is 8.00. The van der Waals surface area contributed by atoms with Crippen molar-refractivity contribution < 1.29 is 4.79 Å². The second kappa shape index (κ2) is 5.29. The third-order valence-electron chi connectivity index (χ3n) is 4.44. The smallest absolute Gasteiger partial charge is 0.233 e. The van der Waals surface area contributed by atoms with E-state index in [0.29, 0.717) is 17.6 Å². The van der Waals surface area contributed by atoms with E-state index in [1.807, 2.05) is 0 Å². The van der Waals surface area contributed by atoms with Crippen molar-refractivity contribution >= 4 is 28.8 Å². The number of H-pyrrole nitrogens is 1. The number of nitrogens with zero attached hydrogens (tertiary/aromatic N) is 3. The molecule has 2 aliphatic rings. The Labute approximate surface area is 126 Å². The van der Waals surface area contributed by atoms with E-state index in [0.717, 1.165) is 23.5 Å². The van der Waals surface area contributed by atoms with Crippen LogP contribution in [0.15, 0.2) is 17.7 Å². The molecule has 0 bridgehead atoms. The quantitative estimate of drug-likeness (QED) is 0.885. The largest absolute Gasteiger partial charge is 0.352 e. The molecule has 2 fully saturated rings. The molecule has 3 heterocycles. The molecule has 2 aromatic rings. The van der Waals surface area contributed by atoms with Crippen molar-refractivity contribution in [3.63, 3.8) is 0 Å². The van der Waals surface area contributed by atoms with Gasteiger partial charge in [-0.1, -0.05) is 24.6 Å². The number of nitrogens with one attached hydrogen (secondary N) is 2. The fourth-order valence-electron chi connectivity index (χ4n) is 3.37. The zero-order valence-electron chi connectivity index (χ0n) is 11.6. The van der Waals surface area contributed by atoms with E-state index in [-0.39, 0.29) is 11.2 Å². The number of carbonyl (C=O) groups excluding carboxylic acids is 1. The molecule has 2 aromatic heterocycles. The van der Waals surface area contributed by atoms with Gasteiger partial charge in [0, 0.05) is 6.04 Å². The minimum absolute atomic E-state index is 0.0575. The first-order valence-corrected chi connectivity index (χ1v) is 8.30. The summed E-state index contributed by atoms with van der Waals surface area (Å²) in [6.07, 6.45) is 9.02. The van der Waals surface area contributed by atoms with Crippen LogP contribution in [-0.2, 0) is 4.79 Å². The van der Waals surface area contributed by atoms with E-state index in [4.69, 9.17) is 0 Å². The monoisotopic (exact) mass is 303 g/mol. The van der Waals surface area contributed by atoms with E-state index in [1.165, 1.54) is 37.4 Å². The molecular weight excluding hydrogens is 286 g/mol. The number of piperidine rings is 1. The lowest BCUT2D eigenvalue weighted by atomic mass is 9.79. The first-order valence-electron chi connectivity index (χ1n) is 7.42. The van der Waals surface area contributed by atoms with Crippen LogP contribution in [0.5, 0.6) is 0 Å².